The van der Waals surface area contributed by atoms with E-state index in [1.54, 1.807) is 0 Å². The van der Waals surface area contributed by atoms with Gasteiger partial charge in [0.1, 0.15) is 6.29 Å². The quantitative estimate of drug-likeness (QED) is 0.546. The van der Waals surface area contributed by atoms with Crippen LogP contribution in [0.1, 0.15) is 44.9 Å². The standard InChI is InChI=1S/C11H17O/c12-8-10-6-3-5-9-4-1-2-7-11(9)10/h8-9,11H,1-7H2. The summed E-state index contributed by atoms with van der Waals surface area (Å²) in [4.78, 5) is 10.8. The van der Waals surface area contributed by atoms with Crippen LogP contribution in [-0.4, -0.2) is 6.29 Å². The molecule has 2 atom stereocenters. The van der Waals surface area contributed by atoms with Crippen LogP contribution in [0.3, 0.4) is 0 Å². The fourth-order valence-electron chi connectivity index (χ4n) is 2.94. The number of rotatable bonds is 1. The average molecular weight is 165 g/mol. The molecule has 0 aliphatic heterocycles. The van der Waals surface area contributed by atoms with Crippen LogP contribution in [0.15, 0.2) is 0 Å². The number of carbonyl (C=O) groups excluding carboxylic acids is 1. The Morgan fingerprint density at radius 3 is 2.67 bits per heavy atom. The zero-order valence-electron chi connectivity index (χ0n) is 7.59. The Kier molecular flexibility index (Phi) is 2.48. The number of hydrogen-bond donors (Lipinski definition) is 0. The molecule has 1 heteroatoms. The molecule has 2 aliphatic rings. The van der Waals surface area contributed by atoms with E-state index in [-0.39, 0.29) is 0 Å². The van der Waals surface area contributed by atoms with Gasteiger partial charge in [-0.25, -0.2) is 0 Å². The predicted octanol–water partition coefficient (Wildman–Crippen LogP) is 2.75. The van der Waals surface area contributed by atoms with E-state index in [0.29, 0.717) is 5.92 Å². The second-order valence-electron chi connectivity index (χ2n) is 4.24. The maximum Gasteiger partial charge on any atom is 0.127 e. The second kappa shape index (κ2) is 3.59. The van der Waals surface area contributed by atoms with Crippen LogP contribution in [0.5, 0.6) is 0 Å². The molecule has 0 amide bonds. The average Bonchev–Trinajstić information content (AvgIpc) is 2.17. The third-order valence-electron chi connectivity index (χ3n) is 3.58. The second-order valence-corrected chi connectivity index (χ2v) is 4.24. The summed E-state index contributed by atoms with van der Waals surface area (Å²) in [6.07, 6.45) is 10.3. The van der Waals surface area contributed by atoms with E-state index in [9.17, 15) is 4.79 Å². The molecule has 0 aromatic carbocycles. The SMILES string of the molecule is O=C[C]1CCCC2CCCCC12. The minimum absolute atomic E-state index is 0.685. The Morgan fingerprint density at radius 2 is 1.83 bits per heavy atom. The molecule has 2 saturated carbocycles. The first-order valence-corrected chi connectivity index (χ1v) is 5.22. The molecule has 12 heavy (non-hydrogen) atoms. The van der Waals surface area contributed by atoms with Gasteiger partial charge in [-0.3, -0.25) is 0 Å². The Morgan fingerprint density at radius 1 is 1.08 bits per heavy atom. The lowest BCUT2D eigenvalue weighted by Gasteiger charge is -2.38. The highest BCUT2D eigenvalue weighted by Crippen LogP contribution is 2.43. The van der Waals surface area contributed by atoms with Crippen molar-refractivity contribution in [1.82, 2.24) is 0 Å². The van der Waals surface area contributed by atoms with Crippen LogP contribution in [-0.2, 0) is 4.79 Å². The van der Waals surface area contributed by atoms with Crippen molar-refractivity contribution in [2.75, 3.05) is 0 Å². The highest BCUT2D eigenvalue weighted by molar-refractivity contribution is 5.69. The highest BCUT2D eigenvalue weighted by atomic mass is 16.1. The van der Waals surface area contributed by atoms with Gasteiger partial charge in [-0.1, -0.05) is 32.1 Å². The first-order chi connectivity index (χ1) is 5.92. The van der Waals surface area contributed by atoms with Gasteiger partial charge in [0, 0.05) is 5.92 Å². The molecule has 0 spiro atoms. The largest absolute Gasteiger partial charge is 0.303 e. The molecular formula is C11H17O. The Hall–Kier alpha value is -0.330. The van der Waals surface area contributed by atoms with Gasteiger partial charge in [0.05, 0.1) is 0 Å². The van der Waals surface area contributed by atoms with Crippen molar-refractivity contribution in [2.24, 2.45) is 11.8 Å². The molecule has 1 radical (unpaired) electrons. The minimum atomic E-state index is 0.685. The summed E-state index contributed by atoms with van der Waals surface area (Å²) in [6, 6.07) is 0. The molecule has 1 nitrogen and oxygen atoms in total. The molecule has 0 aromatic rings. The van der Waals surface area contributed by atoms with E-state index in [1.165, 1.54) is 44.4 Å². The molecule has 2 fully saturated rings. The van der Waals surface area contributed by atoms with Crippen LogP contribution >= 0.6 is 0 Å². The topological polar surface area (TPSA) is 17.1 Å². The third-order valence-corrected chi connectivity index (χ3v) is 3.58. The van der Waals surface area contributed by atoms with Crippen LogP contribution in [0, 0.1) is 17.8 Å². The number of fused-ring (bicyclic) bond motifs is 1. The summed E-state index contributed by atoms with van der Waals surface area (Å²) < 4.78 is 0. The molecule has 67 valence electrons. The first kappa shape index (κ1) is 8.28. The summed E-state index contributed by atoms with van der Waals surface area (Å²) in [6.45, 7) is 0. The van der Waals surface area contributed by atoms with Crippen molar-refractivity contribution < 1.29 is 4.79 Å². The van der Waals surface area contributed by atoms with Gasteiger partial charge in [0.15, 0.2) is 0 Å². The van der Waals surface area contributed by atoms with Gasteiger partial charge in [0.25, 0.3) is 0 Å². The van der Waals surface area contributed by atoms with Crippen molar-refractivity contribution >= 4 is 6.29 Å². The van der Waals surface area contributed by atoms with Crippen LogP contribution in [0.2, 0.25) is 0 Å². The van der Waals surface area contributed by atoms with Crippen LogP contribution < -0.4 is 0 Å². The van der Waals surface area contributed by atoms with E-state index < -0.39 is 0 Å². The molecule has 2 aliphatic carbocycles. The summed E-state index contributed by atoms with van der Waals surface area (Å²) in [7, 11) is 0. The van der Waals surface area contributed by atoms with Gasteiger partial charge < -0.3 is 4.79 Å². The van der Waals surface area contributed by atoms with Crippen molar-refractivity contribution in [2.45, 2.75) is 44.9 Å². The molecule has 2 rings (SSSR count). The number of aldehydes is 1. The van der Waals surface area contributed by atoms with E-state index >= 15 is 0 Å². The normalized spacial score (nSPS) is 37.3. The van der Waals surface area contributed by atoms with Crippen LogP contribution in [0.25, 0.3) is 0 Å². The van der Waals surface area contributed by atoms with Crippen LogP contribution in [0.4, 0.5) is 0 Å². The molecule has 0 heterocycles. The third kappa shape index (κ3) is 1.41. The molecule has 0 saturated heterocycles. The van der Waals surface area contributed by atoms with E-state index in [2.05, 4.69) is 0 Å². The van der Waals surface area contributed by atoms with Gasteiger partial charge >= 0.3 is 0 Å². The summed E-state index contributed by atoms with van der Waals surface area (Å²) >= 11 is 0. The van der Waals surface area contributed by atoms with Gasteiger partial charge in [0.2, 0.25) is 0 Å². The molecule has 0 bridgehead atoms. The summed E-state index contributed by atoms with van der Waals surface area (Å²) in [5, 5.41) is 0. The number of carbonyl (C=O) groups is 1. The van der Waals surface area contributed by atoms with Crippen molar-refractivity contribution in [3.63, 3.8) is 0 Å². The fraction of sp³-hybridized carbons (Fsp3) is 0.818. The predicted molar refractivity (Wildman–Crippen MR) is 48.6 cm³/mol. The zero-order chi connectivity index (χ0) is 8.39. The monoisotopic (exact) mass is 165 g/mol. The van der Waals surface area contributed by atoms with E-state index in [0.717, 1.165) is 18.6 Å². The van der Waals surface area contributed by atoms with Crippen molar-refractivity contribution in [3.8, 4) is 0 Å². The van der Waals surface area contributed by atoms with Gasteiger partial charge in [-0.15, -0.1) is 0 Å². The van der Waals surface area contributed by atoms with E-state index in [1.807, 2.05) is 0 Å². The molecule has 2 unspecified atom stereocenters. The highest BCUT2D eigenvalue weighted by Gasteiger charge is 2.34. The lowest BCUT2D eigenvalue weighted by atomic mass is 9.66. The maximum absolute atomic E-state index is 10.8. The lowest BCUT2D eigenvalue weighted by molar-refractivity contribution is -0.108. The zero-order valence-corrected chi connectivity index (χ0v) is 7.59. The fourth-order valence-corrected chi connectivity index (χ4v) is 2.94. The maximum atomic E-state index is 10.8. The smallest absolute Gasteiger partial charge is 0.127 e. The Labute approximate surface area is 74.5 Å². The van der Waals surface area contributed by atoms with Crippen molar-refractivity contribution in [1.29, 1.82) is 0 Å². The molecular weight excluding hydrogens is 148 g/mol. The summed E-state index contributed by atoms with van der Waals surface area (Å²) in [5.74, 6) is 2.78. The van der Waals surface area contributed by atoms with Gasteiger partial charge in [-0.2, -0.15) is 0 Å². The van der Waals surface area contributed by atoms with Crippen molar-refractivity contribution in [3.05, 3.63) is 5.92 Å². The summed E-state index contributed by atoms with van der Waals surface area (Å²) in [5.41, 5.74) is 0. The molecule has 0 N–H and O–H groups in total. The Balaban J connectivity index is 2.03. The van der Waals surface area contributed by atoms with Gasteiger partial charge in [-0.05, 0) is 24.7 Å². The molecule has 0 aromatic heterocycles. The first-order valence-electron chi connectivity index (χ1n) is 5.22. The van der Waals surface area contributed by atoms with E-state index in [4.69, 9.17) is 0 Å². The minimum Gasteiger partial charge on any atom is -0.303 e. The number of hydrogen-bond acceptors (Lipinski definition) is 1. The lowest BCUT2D eigenvalue weighted by Crippen LogP contribution is -2.30. The Bertz CT molecular complexity index is 162.